The highest BCUT2D eigenvalue weighted by molar-refractivity contribution is 7.98. The summed E-state index contributed by atoms with van der Waals surface area (Å²) >= 11 is 1.37. The van der Waals surface area contributed by atoms with Crippen LogP contribution in [-0.4, -0.2) is 59.4 Å². The topological polar surface area (TPSA) is 124 Å². The second-order valence-corrected chi connectivity index (χ2v) is 10.4. The summed E-state index contributed by atoms with van der Waals surface area (Å²) in [5.74, 6) is 1.69. The molecule has 3 aromatic heterocycles. The van der Waals surface area contributed by atoms with Gasteiger partial charge < -0.3 is 13.7 Å². The fraction of sp³-hybridized carbons (Fsp3) is 0.273. The minimum absolute atomic E-state index is 0.162. The van der Waals surface area contributed by atoms with E-state index in [1.54, 1.807) is 19.1 Å². The van der Waals surface area contributed by atoms with E-state index in [0.29, 0.717) is 65.9 Å². The fourth-order valence-corrected chi connectivity index (χ4v) is 5.54. The summed E-state index contributed by atoms with van der Waals surface area (Å²) in [4.78, 5) is 4.45. The highest BCUT2D eigenvalue weighted by Crippen LogP contribution is 2.34. The van der Waals surface area contributed by atoms with Gasteiger partial charge in [0.2, 0.25) is 15.9 Å². The summed E-state index contributed by atoms with van der Waals surface area (Å²) in [6, 6.07) is 12.9. The van der Waals surface area contributed by atoms with Crippen molar-refractivity contribution in [3.8, 4) is 22.7 Å². The summed E-state index contributed by atoms with van der Waals surface area (Å²) in [5, 5.41) is 13.1. The van der Waals surface area contributed by atoms with Gasteiger partial charge in [-0.15, -0.1) is 10.2 Å². The normalized spacial score (nSPS) is 15.0. The minimum Gasteiger partial charge on any atom is -0.420 e. The number of ether oxygens (including phenoxy) is 1. The first-order valence-electron chi connectivity index (χ1n) is 10.5. The van der Waals surface area contributed by atoms with Crippen molar-refractivity contribution in [3.63, 3.8) is 0 Å². The Morgan fingerprint density at radius 1 is 1.06 bits per heavy atom. The van der Waals surface area contributed by atoms with Crippen molar-refractivity contribution in [1.29, 1.82) is 0 Å². The van der Waals surface area contributed by atoms with Crippen molar-refractivity contribution in [2.75, 3.05) is 26.3 Å². The molecule has 34 heavy (non-hydrogen) atoms. The molecule has 12 heteroatoms. The number of nitrogens with zero attached hydrogens (tertiary/aromatic N) is 5. The number of rotatable bonds is 7. The first-order valence-corrected chi connectivity index (χ1v) is 13.0. The number of morpholine rings is 1. The predicted octanol–water partition coefficient (Wildman–Crippen LogP) is 3.41. The number of pyridine rings is 1. The van der Waals surface area contributed by atoms with Gasteiger partial charge in [0, 0.05) is 24.8 Å². The lowest BCUT2D eigenvalue weighted by molar-refractivity contribution is 0.0730. The molecule has 5 rings (SSSR count). The zero-order valence-corrected chi connectivity index (χ0v) is 19.9. The van der Waals surface area contributed by atoms with E-state index < -0.39 is 10.0 Å². The van der Waals surface area contributed by atoms with Crippen LogP contribution in [0.4, 0.5) is 0 Å². The van der Waals surface area contributed by atoms with Crippen LogP contribution in [0.15, 0.2) is 67.5 Å². The van der Waals surface area contributed by atoms with Gasteiger partial charge in [0.05, 0.1) is 24.0 Å². The van der Waals surface area contributed by atoms with Gasteiger partial charge >= 0.3 is 0 Å². The molecule has 0 spiro atoms. The summed E-state index contributed by atoms with van der Waals surface area (Å²) in [6.07, 6.45) is 1.37. The van der Waals surface area contributed by atoms with Crippen LogP contribution in [0.1, 0.15) is 11.7 Å². The van der Waals surface area contributed by atoms with E-state index in [4.69, 9.17) is 13.7 Å². The van der Waals surface area contributed by atoms with Gasteiger partial charge in [-0.3, -0.25) is 0 Å². The van der Waals surface area contributed by atoms with Crippen molar-refractivity contribution in [2.24, 2.45) is 0 Å². The van der Waals surface area contributed by atoms with E-state index in [0.717, 1.165) is 5.56 Å². The van der Waals surface area contributed by atoms with Crippen LogP contribution in [0.5, 0.6) is 0 Å². The number of hydrogen-bond acceptors (Lipinski definition) is 10. The molecule has 0 saturated carbocycles. The van der Waals surface area contributed by atoms with Gasteiger partial charge in [0.15, 0.2) is 0 Å². The lowest BCUT2D eigenvalue weighted by atomic mass is 10.1. The van der Waals surface area contributed by atoms with Crippen molar-refractivity contribution < 1.29 is 22.1 Å². The highest BCUT2D eigenvalue weighted by atomic mass is 32.2. The quantitative estimate of drug-likeness (QED) is 0.349. The van der Waals surface area contributed by atoms with Gasteiger partial charge in [-0.05, 0) is 19.1 Å². The molecule has 4 aromatic rings. The van der Waals surface area contributed by atoms with Gasteiger partial charge in [-0.1, -0.05) is 47.3 Å². The Morgan fingerprint density at radius 2 is 1.85 bits per heavy atom. The van der Waals surface area contributed by atoms with E-state index in [9.17, 15) is 8.42 Å². The highest BCUT2D eigenvalue weighted by Gasteiger charge is 2.26. The predicted molar refractivity (Wildman–Crippen MR) is 123 cm³/mol. The van der Waals surface area contributed by atoms with Crippen molar-refractivity contribution in [2.45, 2.75) is 22.6 Å². The number of thioether (sulfide) groups is 1. The number of benzene rings is 1. The average Bonchev–Trinajstić information content (AvgIpc) is 3.50. The first kappa shape index (κ1) is 22.7. The van der Waals surface area contributed by atoms with E-state index in [2.05, 4.69) is 20.3 Å². The Kier molecular flexibility index (Phi) is 6.46. The smallest absolute Gasteiger partial charge is 0.253 e. The number of sulfonamides is 1. The third-order valence-electron chi connectivity index (χ3n) is 5.25. The monoisotopic (exact) mass is 499 g/mol. The molecular weight excluding hydrogens is 478 g/mol. The van der Waals surface area contributed by atoms with Gasteiger partial charge in [-0.25, -0.2) is 13.4 Å². The third-order valence-corrected chi connectivity index (χ3v) is 8.06. The van der Waals surface area contributed by atoms with E-state index in [1.165, 1.54) is 22.3 Å². The van der Waals surface area contributed by atoms with Crippen LogP contribution in [0, 0.1) is 6.92 Å². The fourth-order valence-electron chi connectivity index (χ4n) is 3.51. The molecule has 0 bridgehead atoms. The summed E-state index contributed by atoms with van der Waals surface area (Å²) < 4.78 is 43.3. The van der Waals surface area contributed by atoms with E-state index in [1.807, 2.05) is 30.3 Å². The van der Waals surface area contributed by atoms with Crippen LogP contribution in [0.2, 0.25) is 0 Å². The molecule has 176 valence electrons. The molecule has 4 heterocycles. The lowest BCUT2D eigenvalue weighted by Crippen LogP contribution is -2.40. The second kappa shape index (κ2) is 9.66. The van der Waals surface area contributed by atoms with Crippen LogP contribution in [-0.2, 0) is 20.5 Å². The Morgan fingerprint density at radius 3 is 2.59 bits per heavy atom. The average molecular weight is 500 g/mol. The maximum atomic E-state index is 12.7. The first-order chi connectivity index (χ1) is 16.5. The maximum Gasteiger partial charge on any atom is 0.253 e. The van der Waals surface area contributed by atoms with E-state index in [-0.39, 0.29) is 4.90 Å². The largest absolute Gasteiger partial charge is 0.420 e. The molecule has 0 aliphatic carbocycles. The van der Waals surface area contributed by atoms with E-state index >= 15 is 0 Å². The summed E-state index contributed by atoms with van der Waals surface area (Å²) in [7, 11) is -3.57. The van der Waals surface area contributed by atoms with Crippen molar-refractivity contribution in [1.82, 2.24) is 24.6 Å². The Hall–Kier alpha value is -3.06. The molecule has 1 aromatic carbocycles. The second-order valence-electron chi connectivity index (χ2n) is 7.47. The molecule has 0 amide bonds. The Balaban J connectivity index is 1.27. The molecule has 0 radical (unpaired) electrons. The molecule has 1 aliphatic heterocycles. The molecule has 10 nitrogen and oxygen atoms in total. The molecule has 0 N–H and O–H groups in total. The molecule has 0 unspecified atom stereocenters. The zero-order valence-electron chi connectivity index (χ0n) is 18.2. The SMILES string of the molecule is Cc1onc(-c2ccccc2)c1-c1nnc(CSc2ccc(S(=O)(=O)N3CCOCC3)cn2)o1. The number of aromatic nitrogens is 4. The minimum atomic E-state index is -3.57. The molecule has 1 saturated heterocycles. The van der Waals surface area contributed by atoms with Gasteiger partial charge in [0.25, 0.3) is 5.89 Å². The summed E-state index contributed by atoms with van der Waals surface area (Å²) in [6.45, 7) is 3.28. The van der Waals surface area contributed by atoms with Gasteiger partial charge in [0.1, 0.15) is 21.9 Å². The molecule has 1 fully saturated rings. The van der Waals surface area contributed by atoms with Crippen LogP contribution >= 0.6 is 11.8 Å². The summed E-state index contributed by atoms with van der Waals surface area (Å²) in [5.41, 5.74) is 2.19. The molecule has 1 aliphatic rings. The molecule has 0 atom stereocenters. The number of hydrogen-bond donors (Lipinski definition) is 0. The van der Waals surface area contributed by atoms with Crippen molar-refractivity contribution >= 4 is 21.8 Å². The Bertz CT molecular complexity index is 1360. The lowest BCUT2D eigenvalue weighted by Gasteiger charge is -2.25. The van der Waals surface area contributed by atoms with Crippen LogP contribution in [0.25, 0.3) is 22.7 Å². The van der Waals surface area contributed by atoms with Crippen molar-refractivity contribution in [3.05, 3.63) is 60.3 Å². The zero-order chi connectivity index (χ0) is 23.5. The maximum absolute atomic E-state index is 12.7. The van der Waals surface area contributed by atoms with Crippen LogP contribution in [0.3, 0.4) is 0 Å². The third kappa shape index (κ3) is 4.62. The standard InChI is InChI=1S/C22H21N5O5S2/c1-15-20(21(26-32-15)16-5-3-2-4-6-16)22-25-24-18(31-22)14-33-19-8-7-17(13-23-19)34(28,29)27-9-11-30-12-10-27/h2-8,13H,9-12,14H2,1H3. The molecular formula is C22H21N5O5S2. The van der Waals surface area contributed by atoms with Gasteiger partial charge in [-0.2, -0.15) is 4.31 Å². The Labute approximate surface area is 200 Å². The number of aryl methyl sites for hydroxylation is 1. The van der Waals surface area contributed by atoms with Crippen LogP contribution < -0.4 is 0 Å².